The molecule has 1 aromatic carbocycles. The zero-order chi connectivity index (χ0) is 21.2. The molecule has 2 rings (SSSR count). The Labute approximate surface area is 178 Å². The predicted octanol–water partition coefficient (Wildman–Crippen LogP) is 5.49. The summed E-state index contributed by atoms with van der Waals surface area (Å²) in [4.78, 5) is 31.0. The summed E-state index contributed by atoms with van der Waals surface area (Å²) < 4.78 is 4.99. The Balaban J connectivity index is 2.03. The van der Waals surface area contributed by atoms with E-state index in [0.717, 1.165) is 11.4 Å². The van der Waals surface area contributed by atoms with Crippen LogP contribution in [-0.4, -0.2) is 34.4 Å². The van der Waals surface area contributed by atoms with Crippen LogP contribution in [0, 0.1) is 0 Å². The number of rotatable bonds is 11. The molecule has 0 saturated carbocycles. The highest BCUT2D eigenvalue weighted by Crippen LogP contribution is 2.18. The van der Waals surface area contributed by atoms with E-state index in [9.17, 15) is 9.59 Å². The Kier molecular flexibility index (Phi) is 9.32. The van der Waals surface area contributed by atoms with E-state index in [0.29, 0.717) is 24.4 Å². The highest BCUT2D eigenvalue weighted by atomic mass is 32.1. The molecular weight excluding hydrogens is 384 g/mol. The van der Waals surface area contributed by atoms with Gasteiger partial charge in [0.05, 0.1) is 13.2 Å². The Hall–Kier alpha value is -2.21. The second-order valence-electron chi connectivity index (χ2n) is 7.38. The van der Waals surface area contributed by atoms with E-state index in [1.165, 1.54) is 42.6 Å². The molecule has 0 saturated heterocycles. The van der Waals surface area contributed by atoms with Crippen molar-refractivity contribution in [3.63, 3.8) is 0 Å². The largest absolute Gasteiger partial charge is 0.461 e. The average Bonchev–Trinajstić information content (AvgIpc) is 3.18. The first kappa shape index (κ1) is 23.1. The molecule has 1 amide bonds. The van der Waals surface area contributed by atoms with Crippen LogP contribution in [0.2, 0.25) is 0 Å². The lowest BCUT2D eigenvalue weighted by atomic mass is 10.0. The van der Waals surface area contributed by atoms with Gasteiger partial charge >= 0.3 is 5.97 Å². The van der Waals surface area contributed by atoms with Gasteiger partial charge in [-0.25, -0.2) is 9.78 Å². The van der Waals surface area contributed by atoms with E-state index in [4.69, 9.17) is 4.74 Å². The number of carbonyl (C=O) groups is 2. The number of thiazole rings is 1. The number of esters is 1. The van der Waals surface area contributed by atoms with Crippen molar-refractivity contribution in [3.05, 3.63) is 51.5 Å². The summed E-state index contributed by atoms with van der Waals surface area (Å²) in [5.41, 5.74) is 2.25. The van der Waals surface area contributed by atoms with E-state index < -0.39 is 5.97 Å². The van der Waals surface area contributed by atoms with Crippen LogP contribution in [0.3, 0.4) is 0 Å². The van der Waals surface area contributed by atoms with Gasteiger partial charge in [0.25, 0.3) is 5.91 Å². The Morgan fingerprint density at radius 2 is 1.83 bits per heavy atom. The quantitative estimate of drug-likeness (QED) is 0.359. The first-order chi connectivity index (χ1) is 14.0. The second kappa shape index (κ2) is 11.7. The molecule has 0 atom stereocenters. The van der Waals surface area contributed by atoms with Crippen molar-refractivity contribution in [2.24, 2.45) is 0 Å². The number of ether oxygens (including phenoxy) is 1. The molecule has 6 heteroatoms. The smallest absolute Gasteiger partial charge is 0.357 e. The number of hydrogen-bond donors (Lipinski definition) is 0. The summed E-state index contributed by atoms with van der Waals surface area (Å²) in [6, 6.07) is 7.96. The van der Waals surface area contributed by atoms with E-state index in [2.05, 4.69) is 24.0 Å². The van der Waals surface area contributed by atoms with Gasteiger partial charge in [-0.05, 0) is 51.3 Å². The van der Waals surface area contributed by atoms with Crippen molar-refractivity contribution >= 4 is 23.2 Å². The first-order valence-corrected chi connectivity index (χ1v) is 11.4. The van der Waals surface area contributed by atoms with Crippen molar-refractivity contribution in [1.29, 1.82) is 0 Å². The number of aryl methyl sites for hydroxylation is 1. The maximum atomic E-state index is 13.1. The summed E-state index contributed by atoms with van der Waals surface area (Å²) in [5.74, 6) is -0.447. The average molecular weight is 417 g/mol. The topological polar surface area (TPSA) is 59.5 Å². The zero-order valence-corrected chi connectivity index (χ0v) is 18.8. The molecule has 1 heterocycles. The van der Waals surface area contributed by atoms with Crippen LogP contribution >= 0.6 is 11.3 Å². The fourth-order valence-corrected chi connectivity index (χ4v) is 3.81. The maximum Gasteiger partial charge on any atom is 0.357 e. The van der Waals surface area contributed by atoms with Crippen molar-refractivity contribution in [1.82, 2.24) is 9.88 Å². The van der Waals surface area contributed by atoms with Crippen LogP contribution in [0.1, 0.15) is 84.8 Å². The van der Waals surface area contributed by atoms with Gasteiger partial charge in [-0.15, -0.1) is 11.3 Å². The third-order valence-corrected chi connectivity index (χ3v) is 5.58. The van der Waals surface area contributed by atoms with Crippen molar-refractivity contribution in [2.45, 2.75) is 72.4 Å². The summed E-state index contributed by atoms with van der Waals surface area (Å²) in [5, 5.41) is 2.41. The molecule has 0 aliphatic heterocycles. The lowest BCUT2D eigenvalue weighted by molar-refractivity contribution is 0.0520. The maximum absolute atomic E-state index is 13.1. The van der Waals surface area contributed by atoms with Crippen LogP contribution in [0.4, 0.5) is 0 Å². The number of amides is 1. The summed E-state index contributed by atoms with van der Waals surface area (Å²) >= 11 is 1.37. The Morgan fingerprint density at radius 1 is 1.10 bits per heavy atom. The number of carbonyl (C=O) groups excluding carboxylic acids is 2. The van der Waals surface area contributed by atoms with Crippen LogP contribution in [0.5, 0.6) is 0 Å². The van der Waals surface area contributed by atoms with Crippen molar-refractivity contribution in [2.75, 3.05) is 6.61 Å². The van der Waals surface area contributed by atoms with Crippen LogP contribution in [0.25, 0.3) is 0 Å². The van der Waals surface area contributed by atoms with Gasteiger partial charge in [-0.2, -0.15) is 0 Å². The van der Waals surface area contributed by atoms with Crippen LogP contribution in [0.15, 0.2) is 29.6 Å². The van der Waals surface area contributed by atoms with E-state index in [1.54, 1.807) is 17.2 Å². The molecule has 0 spiro atoms. The summed E-state index contributed by atoms with van der Waals surface area (Å²) in [6.45, 7) is 8.64. The van der Waals surface area contributed by atoms with Crippen molar-refractivity contribution in [3.8, 4) is 0 Å². The highest BCUT2D eigenvalue weighted by Gasteiger charge is 2.21. The molecule has 1 aromatic heterocycles. The zero-order valence-electron chi connectivity index (χ0n) is 17.9. The van der Waals surface area contributed by atoms with Crippen molar-refractivity contribution < 1.29 is 14.3 Å². The molecule has 0 aliphatic rings. The summed E-state index contributed by atoms with van der Waals surface area (Å²) in [7, 11) is 0. The molecule has 0 unspecified atom stereocenters. The molecule has 2 aromatic rings. The first-order valence-electron chi connectivity index (χ1n) is 10.5. The molecule has 0 bridgehead atoms. The second-order valence-corrected chi connectivity index (χ2v) is 8.32. The molecule has 0 radical (unpaired) electrons. The number of benzene rings is 1. The third-order valence-electron chi connectivity index (χ3n) is 4.75. The van der Waals surface area contributed by atoms with Gasteiger partial charge in [0.15, 0.2) is 5.69 Å². The molecule has 5 nitrogen and oxygen atoms in total. The third kappa shape index (κ3) is 6.96. The van der Waals surface area contributed by atoms with Gasteiger partial charge < -0.3 is 9.64 Å². The highest BCUT2D eigenvalue weighted by molar-refractivity contribution is 7.09. The fraction of sp³-hybridized carbons (Fsp3) is 0.522. The number of hydrogen-bond acceptors (Lipinski definition) is 5. The number of nitrogens with zero attached hydrogens (tertiary/aromatic N) is 2. The van der Waals surface area contributed by atoms with E-state index in [1.807, 2.05) is 26.0 Å². The normalized spacial score (nSPS) is 10.9. The van der Waals surface area contributed by atoms with Crippen LogP contribution < -0.4 is 0 Å². The molecular formula is C23H32N2O3S. The minimum Gasteiger partial charge on any atom is -0.461 e. The Bertz CT molecular complexity index is 784. The standard InChI is InChI=1S/C23H32N2O3S/c1-5-7-8-9-10-18-11-13-19(14-12-18)22(26)25(17(3)4)15-21-24-20(16-29-21)23(27)28-6-2/h11-14,16-17H,5-10,15H2,1-4H3. The van der Waals surface area contributed by atoms with Gasteiger partial charge in [0.1, 0.15) is 5.01 Å². The predicted molar refractivity (Wildman–Crippen MR) is 117 cm³/mol. The molecule has 0 N–H and O–H groups in total. The fourth-order valence-electron chi connectivity index (χ4n) is 3.05. The monoisotopic (exact) mass is 416 g/mol. The van der Waals surface area contributed by atoms with Gasteiger partial charge in [0, 0.05) is 17.0 Å². The molecule has 29 heavy (non-hydrogen) atoms. The van der Waals surface area contributed by atoms with Gasteiger partial charge in [0.2, 0.25) is 0 Å². The van der Waals surface area contributed by atoms with E-state index in [-0.39, 0.29) is 11.9 Å². The summed E-state index contributed by atoms with van der Waals surface area (Å²) in [6.07, 6.45) is 6.00. The molecule has 0 fully saturated rings. The van der Waals surface area contributed by atoms with E-state index >= 15 is 0 Å². The number of aromatic nitrogens is 1. The number of unbranched alkanes of at least 4 members (excludes halogenated alkanes) is 3. The lowest BCUT2D eigenvalue weighted by Crippen LogP contribution is -2.36. The Morgan fingerprint density at radius 3 is 2.45 bits per heavy atom. The molecule has 0 aliphatic carbocycles. The SMILES string of the molecule is CCCCCCc1ccc(C(=O)N(Cc2nc(C(=O)OCC)cs2)C(C)C)cc1. The minimum atomic E-state index is -0.424. The lowest BCUT2D eigenvalue weighted by Gasteiger charge is -2.26. The van der Waals surface area contributed by atoms with Crippen LogP contribution in [-0.2, 0) is 17.7 Å². The van der Waals surface area contributed by atoms with Gasteiger partial charge in [-0.1, -0.05) is 38.3 Å². The minimum absolute atomic E-state index is 0.0196. The van der Waals surface area contributed by atoms with Gasteiger partial charge in [-0.3, -0.25) is 4.79 Å². The molecule has 158 valence electrons.